The molecule has 4 nitrogen and oxygen atoms in total. The van der Waals surface area contributed by atoms with Gasteiger partial charge in [-0.15, -0.1) is 23.2 Å². The second-order valence-corrected chi connectivity index (χ2v) is 8.46. The van der Waals surface area contributed by atoms with E-state index in [2.05, 4.69) is 5.32 Å². The molecule has 1 atom stereocenters. The van der Waals surface area contributed by atoms with Gasteiger partial charge in [0.15, 0.2) is 5.78 Å². The Hall–Kier alpha value is -1.26. The number of carbonyl (C=O) groups excluding carboxylic acids is 2. The molecule has 1 aliphatic carbocycles. The summed E-state index contributed by atoms with van der Waals surface area (Å²) in [5.74, 6) is -0.0389. The minimum Gasteiger partial charge on any atom is -0.493 e. The third-order valence-corrected chi connectivity index (χ3v) is 6.43. The van der Waals surface area contributed by atoms with Crippen LogP contribution in [0.1, 0.15) is 60.4 Å². The van der Waals surface area contributed by atoms with Crippen molar-refractivity contribution >= 4 is 34.9 Å². The van der Waals surface area contributed by atoms with Crippen molar-refractivity contribution in [2.45, 2.75) is 54.8 Å². The van der Waals surface area contributed by atoms with Gasteiger partial charge in [-0.05, 0) is 56.1 Å². The lowest BCUT2D eigenvalue weighted by molar-refractivity contribution is -0.126. The largest absolute Gasteiger partial charge is 0.493 e. The van der Waals surface area contributed by atoms with Crippen LogP contribution >= 0.6 is 23.2 Å². The summed E-state index contributed by atoms with van der Waals surface area (Å²) in [5, 5.41) is 3.02. The van der Waals surface area contributed by atoms with Crippen LogP contribution in [0.5, 0.6) is 5.75 Å². The molecule has 2 fully saturated rings. The number of hydrogen-bond donors (Lipinski definition) is 1. The van der Waals surface area contributed by atoms with Crippen LogP contribution in [0.15, 0.2) is 18.2 Å². The minimum absolute atomic E-state index is 0.0530. The van der Waals surface area contributed by atoms with Gasteiger partial charge in [0, 0.05) is 5.56 Å². The van der Waals surface area contributed by atoms with Gasteiger partial charge in [-0.2, -0.15) is 0 Å². The Morgan fingerprint density at radius 1 is 1.16 bits per heavy atom. The Bertz CT molecular complexity index is 711. The molecule has 134 valence electrons. The van der Waals surface area contributed by atoms with Gasteiger partial charge >= 0.3 is 0 Å². The Balaban J connectivity index is 1.85. The van der Waals surface area contributed by atoms with Crippen LogP contribution < -0.4 is 10.1 Å². The summed E-state index contributed by atoms with van der Waals surface area (Å²) in [6.07, 6.45) is 5.45. The molecule has 3 bridgehead atoms. The molecular formula is C19H21Cl2NO3. The fourth-order valence-electron chi connectivity index (χ4n) is 4.60. The van der Waals surface area contributed by atoms with Crippen LogP contribution in [0.2, 0.25) is 0 Å². The maximum atomic E-state index is 13.3. The number of rotatable bonds is 1. The lowest BCUT2D eigenvalue weighted by Gasteiger charge is -2.36. The summed E-state index contributed by atoms with van der Waals surface area (Å²) in [6.45, 7) is 0.565. The predicted molar refractivity (Wildman–Crippen MR) is 96.2 cm³/mol. The molecular weight excluding hydrogens is 361 g/mol. The van der Waals surface area contributed by atoms with E-state index in [1.54, 1.807) is 18.2 Å². The number of amides is 1. The Labute approximate surface area is 157 Å². The number of alkyl halides is 2. The van der Waals surface area contributed by atoms with E-state index in [4.69, 9.17) is 27.9 Å². The first-order valence-corrected chi connectivity index (χ1v) is 9.79. The molecule has 5 rings (SSSR count). The minimum atomic E-state index is -0.887. The summed E-state index contributed by atoms with van der Waals surface area (Å²) in [4.78, 5) is 25.3. The molecule has 1 unspecified atom stereocenters. The van der Waals surface area contributed by atoms with E-state index in [0.29, 0.717) is 29.4 Å². The normalized spacial score (nSPS) is 31.8. The summed E-state index contributed by atoms with van der Waals surface area (Å²) >= 11 is 12.3. The highest BCUT2D eigenvalue weighted by Crippen LogP contribution is 2.46. The highest BCUT2D eigenvalue weighted by atomic mass is 35.5. The number of Topliss-reactive ketones (excluding diaryl/α,β-unsaturated/α-hetero) is 1. The second-order valence-electron chi connectivity index (χ2n) is 7.36. The maximum Gasteiger partial charge on any atom is 0.236 e. The predicted octanol–water partition coefficient (Wildman–Crippen LogP) is 4.05. The number of carbonyl (C=O) groups is 2. The molecule has 1 saturated heterocycles. The molecule has 0 radical (unpaired) electrons. The second kappa shape index (κ2) is 6.48. The SMILES string of the molecule is O=C1NC23CCC(CCCOc4cccc(C(Cl)Cl)c4C1C2=O)CC3. The van der Waals surface area contributed by atoms with E-state index in [9.17, 15) is 9.59 Å². The van der Waals surface area contributed by atoms with Crippen molar-refractivity contribution in [3.05, 3.63) is 29.3 Å². The third kappa shape index (κ3) is 2.83. The average molecular weight is 382 g/mol. The topological polar surface area (TPSA) is 55.4 Å². The Kier molecular flexibility index (Phi) is 4.45. The van der Waals surface area contributed by atoms with Crippen LogP contribution in [0, 0.1) is 5.92 Å². The smallest absolute Gasteiger partial charge is 0.236 e. The van der Waals surface area contributed by atoms with Crippen LogP contribution in [-0.4, -0.2) is 23.8 Å². The zero-order chi connectivity index (χ0) is 17.6. The Morgan fingerprint density at radius 3 is 2.64 bits per heavy atom. The molecule has 1 spiro atoms. The van der Waals surface area contributed by atoms with Gasteiger partial charge in [0.2, 0.25) is 5.91 Å². The van der Waals surface area contributed by atoms with Crippen molar-refractivity contribution in [3.63, 3.8) is 0 Å². The van der Waals surface area contributed by atoms with Gasteiger partial charge in [-0.25, -0.2) is 0 Å². The first-order chi connectivity index (χ1) is 12.0. The molecule has 1 aromatic carbocycles. The Morgan fingerprint density at radius 2 is 1.92 bits per heavy atom. The third-order valence-electron chi connectivity index (χ3n) is 5.96. The van der Waals surface area contributed by atoms with E-state index in [-0.39, 0.29) is 11.7 Å². The van der Waals surface area contributed by atoms with Crippen molar-refractivity contribution in [1.82, 2.24) is 5.32 Å². The number of fused-ring (bicyclic) bond motifs is 5. The molecule has 25 heavy (non-hydrogen) atoms. The van der Waals surface area contributed by atoms with Crippen molar-refractivity contribution in [1.29, 1.82) is 0 Å². The summed E-state index contributed by atoms with van der Waals surface area (Å²) < 4.78 is 5.95. The number of nitrogens with one attached hydrogen (secondary N) is 1. The number of hydrogen-bond acceptors (Lipinski definition) is 3. The van der Waals surface area contributed by atoms with E-state index < -0.39 is 16.3 Å². The van der Waals surface area contributed by atoms with Crippen LogP contribution in [-0.2, 0) is 9.59 Å². The molecule has 6 heteroatoms. The highest BCUT2D eigenvalue weighted by molar-refractivity contribution is 6.44. The maximum absolute atomic E-state index is 13.3. The van der Waals surface area contributed by atoms with E-state index >= 15 is 0 Å². The first kappa shape index (κ1) is 17.2. The number of ketones is 1. The van der Waals surface area contributed by atoms with Gasteiger partial charge < -0.3 is 10.1 Å². The quantitative estimate of drug-likeness (QED) is 0.589. The fraction of sp³-hybridized carbons (Fsp3) is 0.579. The number of benzene rings is 1. The summed E-state index contributed by atoms with van der Waals surface area (Å²) in [6, 6.07) is 5.36. The molecule has 1 amide bonds. The zero-order valence-corrected chi connectivity index (χ0v) is 15.4. The van der Waals surface area contributed by atoms with E-state index in [1.165, 1.54) is 0 Å². The molecule has 1 aromatic rings. The van der Waals surface area contributed by atoms with Gasteiger partial charge in [0.25, 0.3) is 0 Å². The van der Waals surface area contributed by atoms with E-state index in [1.807, 2.05) is 0 Å². The van der Waals surface area contributed by atoms with Crippen LogP contribution in [0.3, 0.4) is 0 Å². The molecule has 0 aromatic heterocycles. The molecule has 3 heterocycles. The summed E-state index contributed by atoms with van der Waals surface area (Å²) in [5.41, 5.74) is 0.396. The zero-order valence-electron chi connectivity index (χ0n) is 13.9. The molecule has 3 aliphatic heterocycles. The first-order valence-electron chi connectivity index (χ1n) is 8.92. The van der Waals surface area contributed by atoms with Gasteiger partial charge in [0.1, 0.15) is 16.5 Å². The summed E-state index contributed by atoms with van der Waals surface area (Å²) in [7, 11) is 0. The van der Waals surface area contributed by atoms with Crippen molar-refractivity contribution < 1.29 is 14.3 Å². The van der Waals surface area contributed by atoms with Gasteiger partial charge in [0.05, 0.1) is 12.1 Å². The highest BCUT2D eigenvalue weighted by Gasteiger charge is 2.55. The van der Waals surface area contributed by atoms with Crippen molar-refractivity contribution in [2.24, 2.45) is 5.92 Å². The van der Waals surface area contributed by atoms with Crippen molar-refractivity contribution in [3.8, 4) is 5.75 Å². The van der Waals surface area contributed by atoms with Gasteiger partial charge in [-0.1, -0.05) is 12.1 Å². The number of ether oxygens (including phenoxy) is 1. The molecule has 4 aliphatic rings. The lowest BCUT2D eigenvalue weighted by Crippen LogP contribution is -2.49. The lowest BCUT2D eigenvalue weighted by atomic mass is 9.72. The van der Waals surface area contributed by atoms with E-state index in [0.717, 1.165) is 38.5 Å². The number of halogens is 2. The van der Waals surface area contributed by atoms with Gasteiger partial charge in [-0.3, -0.25) is 9.59 Å². The van der Waals surface area contributed by atoms with Crippen molar-refractivity contribution in [2.75, 3.05) is 6.61 Å². The molecule has 1 N–H and O–H groups in total. The molecule has 1 saturated carbocycles. The fourth-order valence-corrected chi connectivity index (χ4v) is 4.98. The van der Waals surface area contributed by atoms with Crippen LogP contribution in [0.25, 0.3) is 0 Å². The van der Waals surface area contributed by atoms with Crippen LogP contribution in [0.4, 0.5) is 0 Å². The standard InChI is InChI=1S/C19H21Cl2NO3/c20-17(21)12-4-1-5-13-14(12)15-16(23)19(22-18(15)24)8-6-11(7-9-19)3-2-10-25-13/h1,4-5,11,15,17H,2-3,6-10H2,(H,22,24). The monoisotopic (exact) mass is 381 g/mol. The average Bonchev–Trinajstić information content (AvgIpc) is 2.83.